The Morgan fingerprint density at radius 2 is 1.42 bits per heavy atom. The number of furan rings is 2. The summed E-state index contributed by atoms with van der Waals surface area (Å²) in [4.78, 5) is 10.4. The summed E-state index contributed by atoms with van der Waals surface area (Å²) in [5.41, 5.74) is 8.75. The Hall–Kier alpha value is -5.94. The summed E-state index contributed by atoms with van der Waals surface area (Å²) in [6, 6.07) is 36.4. The van der Waals surface area contributed by atoms with Crippen molar-refractivity contribution in [1.82, 2.24) is 14.5 Å². The molecule has 10 rings (SSSR count). The van der Waals surface area contributed by atoms with Crippen molar-refractivity contribution >= 4 is 76.7 Å². The van der Waals surface area contributed by atoms with E-state index in [-0.39, 0.29) is 17.4 Å². The zero-order valence-electron chi connectivity index (χ0n) is 31.2. The molecule has 0 spiro atoms. The minimum absolute atomic E-state index is 0.0189. The Balaban J connectivity index is 1.36. The predicted molar refractivity (Wildman–Crippen MR) is 207 cm³/mol. The van der Waals surface area contributed by atoms with Crippen molar-refractivity contribution in [3.63, 3.8) is 0 Å². The van der Waals surface area contributed by atoms with Crippen LogP contribution in [0, 0.1) is 6.85 Å². The van der Waals surface area contributed by atoms with Gasteiger partial charge in [0.25, 0.3) is 0 Å². The highest BCUT2D eigenvalue weighted by molar-refractivity contribution is 6.15. The average Bonchev–Trinajstić information content (AvgIpc) is 3.83. The number of nitrogens with zero attached hydrogens (tertiary/aromatic N) is 3. The lowest BCUT2D eigenvalue weighted by Crippen LogP contribution is -2.09. The molecule has 6 aromatic carbocycles. The van der Waals surface area contributed by atoms with Crippen molar-refractivity contribution in [1.29, 1.82) is 0 Å². The van der Waals surface area contributed by atoms with Gasteiger partial charge in [0, 0.05) is 42.0 Å². The number of aryl methyl sites for hydroxylation is 1. The van der Waals surface area contributed by atoms with E-state index in [1.807, 2.05) is 48.5 Å². The average molecular weight is 653 g/mol. The van der Waals surface area contributed by atoms with Crippen LogP contribution in [0.15, 0.2) is 118 Å². The van der Waals surface area contributed by atoms with Crippen molar-refractivity contribution in [3.05, 3.63) is 126 Å². The maximum Gasteiger partial charge on any atom is 0.227 e. The quantitative estimate of drug-likeness (QED) is 0.178. The van der Waals surface area contributed by atoms with Gasteiger partial charge in [0.2, 0.25) is 5.71 Å². The largest absolute Gasteiger partial charge is 0.456 e. The summed E-state index contributed by atoms with van der Waals surface area (Å²) in [7, 11) is 0. The number of para-hydroxylation sites is 3. The molecule has 0 saturated heterocycles. The SMILES string of the molecule is [2H]C([2H])([2H])c1cccc2nc(-c3cccc4c3oc3nc5c(ccc6ccccc65)cc34)n(-c3c(C(C)C)cc4c(oc5ccccc54)c3C(C)C)c12. The van der Waals surface area contributed by atoms with Crippen LogP contribution in [0.5, 0.6) is 0 Å². The fourth-order valence-electron chi connectivity index (χ4n) is 7.94. The Kier molecular flexibility index (Phi) is 5.47. The Morgan fingerprint density at radius 1 is 0.640 bits per heavy atom. The van der Waals surface area contributed by atoms with Crippen molar-refractivity contribution in [2.45, 2.75) is 46.4 Å². The van der Waals surface area contributed by atoms with Crippen LogP contribution in [0.2, 0.25) is 0 Å². The number of imidazole rings is 1. The molecule has 0 aliphatic rings. The molecule has 0 atom stereocenters. The highest BCUT2D eigenvalue weighted by atomic mass is 16.3. The fourth-order valence-corrected chi connectivity index (χ4v) is 7.94. The Bertz CT molecular complexity index is 3130. The lowest BCUT2D eigenvalue weighted by Gasteiger charge is -2.23. The summed E-state index contributed by atoms with van der Waals surface area (Å²) in [6.45, 7) is 6.30. The molecule has 4 aromatic heterocycles. The molecule has 0 aliphatic carbocycles. The van der Waals surface area contributed by atoms with Crippen LogP contribution in [-0.4, -0.2) is 14.5 Å². The van der Waals surface area contributed by atoms with Gasteiger partial charge in [-0.25, -0.2) is 9.97 Å². The van der Waals surface area contributed by atoms with Gasteiger partial charge in [0.1, 0.15) is 22.6 Å². The number of aromatic nitrogens is 3. The predicted octanol–water partition coefficient (Wildman–Crippen LogP) is 12.7. The molecule has 50 heavy (non-hydrogen) atoms. The zero-order valence-corrected chi connectivity index (χ0v) is 28.2. The highest BCUT2D eigenvalue weighted by Gasteiger charge is 2.28. The van der Waals surface area contributed by atoms with Gasteiger partial charge in [-0.1, -0.05) is 107 Å². The number of benzene rings is 6. The molecular formula is C45H35N3O2. The van der Waals surface area contributed by atoms with E-state index in [4.69, 9.17) is 22.9 Å². The Labute approximate surface area is 293 Å². The van der Waals surface area contributed by atoms with E-state index in [0.29, 0.717) is 28.2 Å². The standard InChI is InChI=1S/C45H35N3O2/c1-24(2)33-23-34-30-15-8-9-19-37(30)49-43(34)38(25(3)4)41(33)48-40-26(5)12-10-18-36(40)46-44(48)32-17-11-16-31-35-22-28-21-20-27-13-6-7-14-29(27)39(28)47-45(35)50-42(31)32/h6-25H,1-5H3/i5D3. The van der Waals surface area contributed by atoms with Gasteiger partial charge in [-0.2, -0.15) is 0 Å². The first-order valence-electron chi connectivity index (χ1n) is 18.7. The second kappa shape index (κ2) is 10.5. The summed E-state index contributed by atoms with van der Waals surface area (Å²) in [5, 5.41) is 7.13. The van der Waals surface area contributed by atoms with Crippen LogP contribution in [0.4, 0.5) is 0 Å². The van der Waals surface area contributed by atoms with E-state index in [9.17, 15) is 0 Å². The van der Waals surface area contributed by atoms with E-state index in [0.717, 1.165) is 76.8 Å². The van der Waals surface area contributed by atoms with Gasteiger partial charge < -0.3 is 8.83 Å². The molecule has 242 valence electrons. The van der Waals surface area contributed by atoms with Gasteiger partial charge in [-0.05, 0) is 65.5 Å². The molecule has 0 N–H and O–H groups in total. The number of fused-ring (bicyclic) bond motifs is 10. The van der Waals surface area contributed by atoms with Crippen molar-refractivity contribution in [2.75, 3.05) is 0 Å². The molecule has 0 radical (unpaired) electrons. The lowest BCUT2D eigenvalue weighted by atomic mass is 9.89. The van der Waals surface area contributed by atoms with E-state index in [1.165, 1.54) is 0 Å². The number of hydrogen-bond acceptors (Lipinski definition) is 4. The van der Waals surface area contributed by atoms with E-state index < -0.39 is 6.85 Å². The zero-order chi connectivity index (χ0) is 36.3. The van der Waals surface area contributed by atoms with Gasteiger partial charge in [0.05, 0.1) is 27.8 Å². The molecule has 4 heterocycles. The third-order valence-corrected chi connectivity index (χ3v) is 10.2. The van der Waals surface area contributed by atoms with Crippen LogP contribution in [0.1, 0.15) is 60.3 Å². The fraction of sp³-hybridized carbons (Fsp3) is 0.156. The molecule has 5 heteroatoms. The molecule has 0 amide bonds. The third-order valence-electron chi connectivity index (χ3n) is 10.2. The van der Waals surface area contributed by atoms with Crippen LogP contribution in [0.3, 0.4) is 0 Å². The van der Waals surface area contributed by atoms with Crippen molar-refractivity contribution in [3.8, 4) is 17.1 Å². The first-order valence-corrected chi connectivity index (χ1v) is 17.2. The molecule has 0 fully saturated rings. The first-order chi connectivity index (χ1) is 25.6. The van der Waals surface area contributed by atoms with Crippen molar-refractivity contribution < 1.29 is 12.9 Å². The minimum atomic E-state index is -2.40. The van der Waals surface area contributed by atoms with E-state index in [2.05, 4.69) is 80.8 Å². The lowest BCUT2D eigenvalue weighted by molar-refractivity contribution is 0.654. The molecule has 10 aromatic rings. The molecular weight excluding hydrogens is 615 g/mol. The topological polar surface area (TPSA) is 57.0 Å². The second-order valence-corrected chi connectivity index (χ2v) is 13.9. The molecule has 0 bridgehead atoms. The third kappa shape index (κ3) is 4.01. The first kappa shape index (κ1) is 26.0. The molecule has 5 nitrogen and oxygen atoms in total. The van der Waals surface area contributed by atoms with Crippen molar-refractivity contribution in [2.24, 2.45) is 0 Å². The van der Waals surface area contributed by atoms with Gasteiger partial charge in [0.15, 0.2) is 0 Å². The van der Waals surface area contributed by atoms with E-state index in [1.54, 1.807) is 12.1 Å². The maximum absolute atomic E-state index is 8.69. The smallest absolute Gasteiger partial charge is 0.227 e. The molecule has 0 unspecified atom stereocenters. The van der Waals surface area contributed by atoms with Gasteiger partial charge in [-0.15, -0.1) is 0 Å². The molecule has 0 saturated carbocycles. The molecule has 0 aliphatic heterocycles. The van der Waals surface area contributed by atoms with Crippen LogP contribution in [-0.2, 0) is 0 Å². The summed E-state index contributed by atoms with van der Waals surface area (Å²) < 4.78 is 41.6. The number of pyridine rings is 1. The normalized spacial score (nSPS) is 13.6. The van der Waals surface area contributed by atoms with Gasteiger partial charge >= 0.3 is 0 Å². The van der Waals surface area contributed by atoms with Crippen LogP contribution in [0.25, 0.3) is 93.8 Å². The van der Waals surface area contributed by atoms with E-state index >= 15 is 0 Å². The summed E-state index contributed by atoms with van der Waals surface area (Å²) in [5.74, 6) is 0.695. The highest BCUT2D eigenvalue weighted by Crippen LogP contribution is 2.46. The monoisotopic (exact) mass is 652 g/mol. The Morgan fingerprint density at radius 3 is 2.26 bits per heavy atom. The summed E-state index contributed by atoms with van der Waals surface area (Å²) >= 11 is 0. The van der Waals surface area contributed by atoms with Gasteiger partial charge in [-0.3, -0.25) is 4.57 Å². The minimum Gasteiger partial charge on any atom is -0.456 e. The van der Waals surface area contributed by atoms with Crippen LogP contribution >= 0.6 is 0 Å². The number of hydrogen-bond donors (Lipinski definition) is 0. The van der Waals surface area contributed by atoms with Crippen LogP contribution < -0.4 is 0 Å². The summed E-state index contributed by atoms with van der Waals surface area (Å²) in [6.07, 6.45) is 0. The number of rotatable bonds is 4. The maximum atomic E-state index is 8.69. The second-order valence-electron chi connectivity index (χ2n) is 13.9.